The first-order valence-electron chi connectivity index (χ1n) is 6.60. The molecule has 0 aromatic heterocycles. The maximum absolute atomic E-state index is 3.60. The van der Waals surface area contributed by atoms with Gasteiger partial charge in [-0.2, -0.15) is 0 Å². The highest BCUT2D eigenvalue weighted by Crippen LogP contribution is 2.31. The third-order valence-electron chi connectivity index (χ3n) is 3.99. The summed E-state index contributed by atoms with van der Waals surface area (Å²) in [7, 11) is 0. The Morgan fingerprint density at radius 1 is 1.12 bits per heavy atom. The molecule has 0 radical (unpaired) electrons. The second-order valence-electron chi connectivity index (χ2n) is 4.97. The summed E-state index contributed by atoms with van der Waals surface area (Å²) in [6.07, 6.45) is 2.49. The Bertz CT molecular complexity index is 518. The standard InChI is InChI=1S/C16H19N/c1-2-16-15(9-10-17-16)14-8-7-12-5-3-4-6-13(12)11-14/h3-8,11,15-17H,2,9-10H2,1H3. The Labute approximate surface area is 103 Å². The summed E-state index contributed by atoms with van der Waals surface area (Å²) in [5.41, 5.74) is 1.50. The number of hydrogen-bond donors (Lipinski definition) is 1. The molecule has 2 unspecified atom stereocenters. The SMILES string of the molecule is CCC1NCCC1c1ccc2ccccc2c1. The molecular weight excluding hydrogens is 206 g/mol. The predicted molar refractivity (Wildman–Crippen MR) is 73.4 cm³/mol. The number of fused-ring (bicyclic) bond motifs is 1. The fourth-order valence-corrected chi connectivity index (χ4v) is 3.03. The van der Waals surface area contributed by atoms with E-state index in [9.17, 15) is 0 Å². The average Bonchev–Trinajstić information content (AvgIpc) is 2.86. The van der Waals surface area contributed by atoms with Crippen molar-refractivity contribution in [1.29, 1.82) is 0 Å². The normalized spacial score (nSPS) is 24.3. The molecule has 1 aliphatic heterocycles. The zero-order valence-corrected chi connectivity index (χ0v) is 10.3. The van der Waals surface area contributed by atoms with Crippen molar-refractivity contribution in [2.75, 3.05) is 6.54 Å². The van der Waals surface area contributed by atoms with Gasteiger partial charge in [-0.15, -0.1) is 0 Å². The molecule has 0 spiro atoms. The van der Waals surface area contributed by atoms with Crippen LogP contribution in [0.2, 0.25) is 0 Å². The number of hydrogen-bond acceptors (Lipinski definition) is 1. The second kappa shape index (κ2) is 4.50. The van der Waals surface area contributed by atoms with Crippen LogP contribution in [0.5, 0.6) is 0 Å². The van der Waals surface area contributed by atoms with E-state index in [0.29, 0.717) is 12.0 Å². The Morgan fingerprint density at radius 2 is 1.94 bits per heavy atom. The fourth-order valence-electron chi connectivity index (χ4n) is 3.03. The number of benzene rings is 2. The maximum Gasteiger partial charge on any atom is 0.0134 e. The van der Waals surface area contributed by atoms with Crippen LogP contribution < -0.4 is 5.32 Å². The highest BCUT2D eigenvalue weighted by Gasteiger charge is 2.26. The van der Waals surface area contributed by atoms with Crippen LogP contribution >= 0.6 is 0 Å². The summed E-state index contributed by atoms with van der Waals surface area (Å²) in [5.74, 6) is 0.699. The molecule has 3 rings (SSSR count). The van der Waals surface area contributed by atoms with Crippen molar-refractivity contribution < 1.29 is 0 Å². The Hall–Kier alpha value is -1.34. The van der Waals surface area contributed by atoms with Crippen molar-refractivity contribution in [3.8, 4) is 0 Å². The maximum atomic E-state index is 3.60. The molecule has 1 fully saturated rings. The van der Waals surface area contributed by atoms with E-state index in [-0.39, 0.29) is 0 Å². The van der Waals surface area contributed by atoms with Gasteiger partial charge in [-0.05, 0) is 35.7 Å². The minimum Gasteiger partial charge on any atom is -0.313 e. The summed E-state index contributed by atoms with van der Waals surface area (Å²) < 4.78 is 0. The van der Waals surface area contributed by atoms with Crippen LogP contribution in [0.4, 0.5) is 0 Å². The zero-order chi connectivity index (χ0) is 11.7. The van der Waals surface area contributed by atoms with Gasteiger partial charge in [-0.25, -0.2) is 0 Å². The van der Waals surface area contributed by atoms with Gasteiger partial charge in [0.1, 0.15) is 0 Å². The molecule has 88 valence electrons. The van der Waals surface area contributed by atoms with E-state index in [1.807, 2.05) is 0 Å². The van der Waals surface area contributed by atoms with Crippen LogP contribution in [0.15, 0.2) is 42.5 Å². The van der Waals surface area contributed by atoms with Crippen molar-refractivity contribution in [3.05, 3.63) is 48.0 Å². The van der Waals surface area contributed by atoms with Crippen molar-refractivity contribution in [2.24, 2.45) is 0 Å². The molecule has 1 aliphatic rings. The van der Waals surface area contributed by atoms with Gasteiger partial charge >= 0.3 is 0 Å². The largest absolute Gasteiger partial charge is 0.313 e. The third-order valence-corrected chi connectivity index (χ3v) is 3.99. The van der Waals surface area contributed by atoms with E-state index in [4.69, 9.17) is 0 Å². The van der Waals surface area contributed by atoms with Gasteiger partial charge in [0.2, 0.25) is 0 Å². The molecule has 0 bridgehead atoms. The first-order valence-corrected chi connectivity index (χ1v) is 6.60. The molecule has 1 heteroatoms. The third kappa shape index (κ3) is 1.96. The van der Waals surface area contributed by atoms with Crippen LogP contribution in [-0.4, -0.2) is 12.6 Å². The quantitative estimate of drug-likeness (QED) is 0.821. The lowest BCUT2D eigenvalue weighted by Crippen LogP contribution is -2.24. The summed E-state index contributed by atoms with van der Waals surface area (Å²) in [6.45, 7) is 3.44. The molecule has 1 nitrogen and oxygen atoms in total. The van der Waals surface area contributed by atoms with Crippen molar-refractivity contribution in [2.45, 2.75) is 31.7 Å². The average molecular weight is 225 g/mol. The lowest BCUT2D eigenvalue weighted by molar-refractivity contribution is 0.532. The summed E-state index contributed by atoms with van der Waals surface area (Å²) in [4.78, 5) is 0. The van der Waals surface area contributed by atoms with Crippen LogP contribution in [0.1, 0.15) is 31.2 Å². The molecular formula is C16H19N. The van der Waals surface area contributed by atoms with E-state index < -0.39 is 0 Å². The summed E-state index contributed by atoms with van der Waals surface area (Å²) in [5, 5.41) is 6.31. The van der Waals surface area contributed by atoms with Crippen molar-refractivity contribution in [3.63, 3.8) is 0 Å². The highest BCUT2D eigenvalue weighted by atomic mass is 14.9. The van der Waals surface area contributed by atoms with E-state index in [1.165, 1.54) is 29.2 Å². The zero-order valence-electron chi connectivity index (χ0n) is 10.3. The van der Waals surface area contributed by atoms with Crippen LogP contribution in [0.3, 0.4) is 0 Å². The smallest absolute Gasteiger partial charge is 0.0134 e. The first kappa shape index (κ1) is 10.8. The van der Waals surface area contributed by atoms with Crippen molar-refractivity contribution >= 4 is 10.8 Å². The molecule has 17 heavy (non-hydrogen) atoms. The lowest BCUT2D eigenvalue weighted by atomic mass is 9.89. The van der Waals surface area contributed by atoms with Gasteiger partial charge in [0.15, 0.2) is 0 Å². The molecule has 2 aromatic carbocycles. The van der Waals surface area contributed by atoms with E-state index in [0.717, 1.165) is 6.54 Å². The Balaban J connectivity index is 2.00. The minimum absolute atomic E-state index is 0.663. The topological polar surface area (TPSA) is 12.0 Å². The number of rotatable bonds is 2. The van der Waals surface area contributed by atoms with E-state index >= 15 is 0 Å². The van der Waals surface area contributed by atoms with Crippen molar-refractivity contribution in [1.82, 2.24) is 5.32 Å². The molecule has 0 amide bonds. The Kier molecular flexibility index (Phi) is 2.86. The van der Waals surface area contributed by atoms with Gasteiger partial charge in [0, 0.05) is 12.0 Å². The fraction of sp³-hybridized carbons (Fsp3) is 0.375. The Morgan fingerprint density at radius 3 is 2.76 bits per heavy atom. The van der Waals surface area contributed by atoms with Crippen LogP contribution in [-0.2, 0) is 0 Å². The molecule has 2 atom stereocenters. The second-order valence-corrected chi connectivity index (χ2v) is 4.97. The highest BCUT2D eigenvalue weighted by molar-refractivity contribution is 5.83. The van der Waals surface area contributed by atoms with Gasteiger partial charge in [-0.3, -0.25) is 0 Å². The summed E-state index contributed by atoms with van der Waals surface area (Å²) >= 11 is 0. The monoisotopic (exact) mass is 225 g/mol. The van der Waals surface area contributed by atoms with E-state index in [2.05, 4.69) is 54.7 Å². The van der Waals surface area contributed by atoms with Gasteiger partial charge in [0.25, 0.3) is 0 Å². The molecule has 1 heterocycles. The number of nitrogens with one attached hydrogen (secondary N) is 1. The molecule has 0 aliphatic carbocycles. The van der Waals surface area contributed by atoms with Gasteiger partial charge in [0.05, 0.1) is 0 Å². The minimum atomic E-state index is 0.663. The van der Waals surface area contributed by atoms with E-state index in [1.54, 1.807) is 0 Å². The molecule has 2 aromatic rings. The molecule has 1 saturated heterocycles. The van der Waals surface area contributed by atoms with Crippen LogP contribution in [0.25, 0.3) is 10.8 Å². The lowest BCUT2D eigenvalue weighted by Gasteiger charge is -2.18. The molecule has 0 saturated carbocycles. The van der Waals surface area contributed by atoms with Gasteiger partial charge in [-0.1, -0.05) is 49.4 Å². The summed E-state index contributed by atoms with van der Waals surface area (Å²) in [6, 6.07) is 16.2. The first-order chi connectivity index (χ1) is 8.38. The van der Waals surface area contributed by atoms with Gasteiger partial charge < -0.3 is 5.32 Å². The van der Waals surface area contributed by atoms with Crippen LogP contribution in [0, 0.1) is 0 Å². The predicted octanol–water partition coefficient (Wildman–Crippen LogP) is 3.70. The molecule has 1 N–H and O–H groups in total.